The second-order valence-electron chi connectivity index (χ2n) is 3.79. The molecule has 0 aromatic carbocycles. The van der Waals surface area contributed by atoms with Crippen LogP contribution in [0.1, 0.15) is 26.0 Å². The SMILES string of the molecule is Cc1[c]cnc(OCCC(C)(C)O)n1. The van der Waals surface area contributed by atoms with Crippen LogP contribution in [0.25, 0.3) is 0 Å². The minimum atomic E-state index is -0.712. The zero-order valence-corrected chi connectivity index (χ0v) is 8.74. The lowest BCUT2D eigenvalue weighted by Gasteiger charge is -2.16. The summed E-state index contributed by atoms with van der Waals surface area (Å²) >= 11 is 0. The standard InChI is InChI=1S/C10H15N2O2/c1-8-4-6-11-9(12-8)14-7-5-10(2,3)13/h6,13H,5,7H2,1-3H3. The number of nitrogens with zero attached hydrogens (tertiary/aromatic N) is 2. The normalized spacial score (nSPS) is 11.4. The van der Waals surface area contributed by atoms with Gasteiger partial charge in [-0.1, -0.05) is 0 Å². The molecule has 77 valence electrons. The second-order valence-corrected chi connectivity index (χ2v) is 3.79. The summed E-state index contributed by atoms with van der Waals surface area (Å²) < 4.78 is 5.26. The van der Waals surface area contributed by atoms with Gasteiger partial charge in [0.15, 0.2) is 0 Å². The van der Waals surface area contributed by atoms with Gasteiger partial charge in [0.2, 0.25) is 0 Å². The first kappa shape index (κ1) is 10.9. The third-order valence-corrected chi connectivity index (χ3v) is 1.66. The average Bonchev–Trinajstić information content (AvgIpc) is 2.01. The Hall–Kier alpha value is -1.16. The first-order valence-corrected chi connectivity index (χ1v) is 4.54. The highest BCUT2D eigenvalue weighted by molar-refractivity contribution is 5.01. The van der Waals surface area contributed by atoms with Crippen LogP contribution in [0.4, 0.5) is 0 Å². The van der Waals surface area contributed by atoms with Crippen LogP contribution in [0.5, 0.6) is 6.01 Å². The van der Waals surface area contributed by atoms with E-state index < -0.39 is 5.60 Å². The molecule has 4 nitrogen and oxygen atoms in total. The Balaban J connectivity index is 2.39. The molecule has 0 aliphatic heterocycles. The highest BCUT2D eigenvalue weighted by Gasteiger charge is 2.12. The lowest BCUT2D eigenvalue weighted by atomic mass is 10.1. The Labute approximate surface area is 84.0 Å². The van der Waals surface area contributed by atoms with Gasteiger partial charge in [0.05, 0.1) is 17.9 Å². The van der Waals surface area contributed by atoms with E-state index in [9.17, 15) is 5.11 Å². The molecule has 0 spiro atoms. The molecule has 0 aliphatic rings. The molecule has 14 heavy (non-hydrogen) atoms. The molecule has 1 rings (SSSR count). The van der Waals surface area contributed by atoms with E-state index in [1.807, 2.05) is 6.92 Å². The van der Waals surface area contributed by atoms with Crippen molar-refractivity contribution in [2.45, 2.75) is 32.8 Å². The fraction of sp³-hybridized carbons (Fsp3) is 0.600. The van der Waals surface area contributed by atoms with Gasteiger partial charge < -0.3 is 9.84 Å². The summed E-state index contributed by atoms with van der Waals surface area (Å²) in [5.74, 6) is 0. The summed E-state index contributed by atoms with van der Waals surface area (Å²) in [7, 11) is 0. The van der Waals surface area contributed by atoms with E-state index in [2.05, 4.69) is 16.0 Å². The van der Waals surface area contributed by atoms with Crippen molar-refractivity contribution in [1.82, 2.24) is 9.97 Å². The van der Waals surface area contributed by atoms with Gasteiger partial charge in [-0.3, -0.25) is 0 Å². The Morgan fingerprint density at radius 3 is 2.86 bits per heavy atom. The van der Waals surface area contributed by atoms with Crippen LogP contribution >= 0.6 is 0 Å². The van der Waals surface area contributed by atoms with E-state index in [1.165, 1.54) is 6.20 Å². The maximum Gasteiger partial charge on any atom is 0.316 e. The van der Waals surface area contributed by atoms with Crippen molar-refractivity contribution in [1.29, 1.82) is 0 Å². The lowest BCUT2D eigenvalue weighted by Crippen LogP contribution is -2.22. The molecule has 0 saturated heterocycles. The van der Waals surface area contributed by atoms with Crippen LogP contribution in [0, 0.1) is 13.0 Å². The van der Waals surface area contributed by atoms with Gasteiger partial charge >= 0.3 is 6.01 Å². The number of rotatable bonds is 4. The molecule has 0 amide bonds. The summed E-state index contributed by atoms with van der Waals surface area (Å²) in [5.41, 5.74) is 0.0360. The Kier molecular flexibility index (Phi) is 3.41. The van der Waals surface area contributed by atoms with Crippen LogP contribution in [0.2, 0.25) is 0 Å². The van der Waals surface area contributed by atoms with E-state index >= 15 is 0 Å². The molecule has 0 bridgehead atoms. The number of hydrogen-bond donors (Lipinski definition) is 1. The average molecular weight is 195 g/mol. The van der Waals surface area contributed by atoms with E-state index in [0.29, 0.717) is 19.0 Å². The van der Waals surface area contributed by atoms with Crippen molar-refractivity contribution in [3.63, 3.8) is 0 Å². The number of ether oxygens (including phenoxy) is 1. The van der Waals surface area contributed by atoms with Crippen molar-refractivity contribution in [3.05, 3.63) is 18.0 Å². The monoisotopic (exact) mass is 195 g/mol. The molecule has 4 heteroatoms. The highest BCUT2D eigenvalue weighted by Crippen LogP contribution is 2.08. The maximum atomic E-state index is 9.42. The number of aromatic nitrogens is 2. The molecule has 0 unspecified atom stereocenters. The zero-order valence-electron chi connectivity index (χ0n) is 8.74. The third kappa shape index (κ3) is 4.18. The summed E-state index contributed by atoms with van der Waals surface area (Å²) in [6.45, 7) is 5.71. The van der Waals surface area contributed by atoms with E-state index in [4.69, 9.17) is 4.74 Å². The quantitative estimate of drug-likeness (QED) is 0.782. The van der Waals surface area contributed by atoms with Gasteiger partial charge in [-0.2, -0.15) is 4.98 Å². The predicted octanol–water partition coefficient (Wildman–Crippen LogP) is 1.13. The molecule has 0 aliphatic carbocycles. The molecular formula is C10H15N2O2. The minimum Gasteiger partial charge on any atom is -0.463 e. The van der Waals surface area contributed by atoms with Gasteiger partial charge in [-0.25, -0.2) is 4.98 Å². The maximum absolute atomic E-state index is 9.42. The van der Waals surface area contributed by atoms with Crippen molar-refractivity contribution < 1.29 is 9.84 Å². The van der Waals surface area contributed by atoms with Gasteiger partial charge in [0, 0.05) is 18.7 Å². The van der Waals surface area contributed by atoms with Gasteiger partial charge in [-0.05, 0) is 20.8 Å². The molecule has 1 radical (unpaired) electrons. The smallest absolute Gasteiger partial charge is 0.316 e. The highest BCUT2D eigenvalue weighted by atomic mass is 16.5. The van der Waals surface area contributed by atoms with Crippen molar-refractivity contribution >= 4 is 0 Å². The van der Waals surface area contributed by atoms with Crippen molar-refractivity contribution in [3.8, 4) is 6.01 Å². The molecule has 0 fully saturated rings. The molecule has 1 heterocycles. The molecule has 1 N–H and O–H groups in total. The van der Waals surface area contributed by atoms with Crippen molar-refractivity contribution in [2.75, 3.05) is 6.61 Å². The number of aliphatic hydroxyl groups is 1. The predicted molar refractivity (Wildman–Crippen MR) is 52.0 cm³/mol. The fourth-order valence-corrected chi connectivity index (χ4v) is 0.847. The van der Waals surface area contributed by atoms with Crippen LogP contribution < -0.4 is 4.74 Å². The molecule has 1 aromatic rings. The van der Waals surface area contributed by atoms with Gasteiger partial charge in [0.25, 0.3) is 0 Å². The minimum absolute atomic E-state index is 0.338. The van der Waals surface area contributed by atoms with E-state index in [0.717, 1.165) is 5.69 Å². The van der Waals surface area contributed by atoms with Crippen LogP contribution in [0.3, 0.4) is 0 Å². The summed E-state index contributed by atoms with van der Waals surface area (Å²) in [6, 6.07) is 3.17. The molecule has 0 atom stereocenters. The van der Waals surface area contributed by atoms with E-state index in [-0.39, 0.29) is 0 Å². The van der Waals surface area contributed by atoms with Crippen molar-refractivity contribution in [2.24, 2.45) is 0 Å². The van der Waals surface area contributed by atoms with Gasteiger partial charge in [0.1, 0.15) is 0 Å². The van der Waals surface area contributed by atoms with Crippen LogP contribution in [-0.2, 0) is 0 Å². The first-order chi connectivity index (χ1) is 6.47. The number of aryl methyl sites for hydroxylation is 1. The lowest BCUT2D eigenvalue weighted by molar-refractivity contribution is 0.0539. The summed E-state index contributed by atoms with van der Waals surface area (Å²) in [4.78, 5) is 7.91. The van der Waals surface area contributed by atoms with Crippen LogP contribution in [0.15, 0.2) is 6.20 Å². The Bertz CT molecular complexity index is 294. The van der Waals surface area contributed by atoms with E-state index in [1.54, 1.807) is 13.8 Å². The van der Waals surface area contributed by atoms with Gasteiger partial charge in [-0.15, -0.1) is 0 Å². The second kappa shape index (κ2) is 4.37. The van der Waals surface area contributed by atoms with Crippen LogP contribution in [-0.4, -0.2) is 27.3 Å². The molecule has 1 aromatic heterocycles. The largest absolute Gasteiger partial charge is 0.463 e. The Morgan fingerprint density at radius 2 is 2.29 bits per heavy atom. The fourth-order valence-electron chi connectivity index (χ4n) is 0.847. The molecular weight excluding hydrogens is 180 g/mol. The summed E-state index contributed by atoms with van der Waals surface area (Å²) in [6.07, 6.45) is 2.08. The molecule has 0 saturated carbocycles. The zero-order chi connectivity index (χ0) is 10.6. The Morgan fingerprint density at radius 1 is 1.57 bits per heavy atom. The summed E-state index contributed by atoms with van der Waals surface area (Å²) in [5, 5.41) is 9.42. The topological polar surface area (TPSA) is 55.2 Å². The number of hydrogen-bond acceptors (Lipinski definition) is 4. The third-order valence-electron chi connectivity index (χ3n) is 1.66. The first-order valence-electron chi connectivity index (χ1n) is 4.54.